The molecule has 0 unspecified atom stereocenters. The monoisotopic (exact) mass is 275 g/mol. The Hall–Kier alpha value is -1.55. The maximum Gasteiger partial charge on any atom is 0.227 e. The second kappa shape index (κ2) is 5.44. The first-order valence-electron chi connectivity index (χ1n) is 7.30. The molecule has 2 saturated heterocycles. The molecule has 0 saturated carbocycles. The summed E-state index contributed by atoms with van der Waals surface area (Å²) in [6.45, 7) is 3.31. The molecule has 2 fully saturated rings. The third kappa shape index (κ3) is 2.80. The van der Waals surface area contributed by atoms with Crippen molar-refractivity contribution in [2.24, 2.45) is 5.41 Å². The van der Waals surface area contributed by atoms with Crippen molar-refractivity contribution in [1.82, 2.24) is 4.90 Å². The van der Waals surface area contributed by atoms with Crippen molar-refractivity contribution >= 4 is 5.91 Å². The maximum atomic E-state index is 12.4. The van der Waals surface area contributed by atoms with E-state index in [9.17, 15) is 9.90 Å². The zero-order valence-electron chi connectivity index (χ0n) is 11.7. The maximum absolute atomic E-state index is 12.4. The van der Waals surface area contributed by atoms with Gasteiger partial charge in [0.15, 0.2) is 0 Å². The van der Waals surface area contributed by atoms with E-state index in [0.717, 1.165) is 44.7 Å². The molecule has 4 heteroatoms. The molecular formula is C16H21NO3. The lowest BCUT2D eigenvalue weighted by molar-refractivity contribution is -0.130. The second-order valence-electron chi connectivity index (χ2n) is 6.07. The van der Waals surface area contributed by atoms with Crippen molar-refractivity contribution in [2.45, 2.75) is 25.7 Å². The Morgan fingerprint density at radius 2 is 2.30 bits per heavy atom. The molecule has 0 radical (unpaired) electrons. The first kappa shape index (κ1) is 13.4. The highest BCUT2D eigenvalue weighted by Crippen LogP contribution is 2.38. The van der Waals surface area contributed by atoms with Crippen LogP contribution in [0.3, 0.4) is 0 Å². The molecule has 3 rings (SSSR count). The number of nitrogens with zero attached hydrogens (tertiary/aromatic N) is 1. The predicted octanol–water partition coefficient (Wildman–Crippen LogP) is 1.96. The van der Waals surface area contributed by atoms with Gasteiger partial charge in [-0.2, -0.15) is 0 Å². The summed E-state index contributed by atoms with van der Waals surface area (Å²) < 4.78 is 5.60. The van der Waals surface area contributed by atoms with E-state index in [1.165, 1.54) is 6.42 Å². The minimum Gasteiger partial charge on any atom is -0.508 e. The highest BCUT2D eigenvalue weighted by atomic mass is 16.5. The first-order valence-corrected chi connectivity index (χ1v) is 7.30. The van der Waals surface area contributed by atoms with Gasteiger partial charge in [-0.15, -0.1) is 0 Å². The highest BCUT2D eigenvalue weighted by Gasteiger charge is 2.41. The molecule has 1 amide bonds. The summed E-state index contributed by atoms with van der Waals surface area (Å²) >= 11 is 0. The highest BCUT2D eigenvalue weighted by molar-refractivity contribution is 5.79. The number of likely N-dealkylation sites (tertiary alicyclic amines) is 1. The Kier molecular flexibility index (Phi) is 3.66. The SMILES string of the molecule is O=C(Cc1cccc(O)c1)N1CC[C@]2(CCCOC2)C1. The van der Waals surface area contributed by atoms with Crippen LogP contribution in [0.4, 0.5) is 0 Å². The number of phenols is 1. The van der Waals surface area contributed by atoms with Gasteiger partial charge in [-0.25, -0.2) is 0 Å². The average Bonchev–Trinajstić information content (AvgIpc) is 2.83. The number of amides is 1. The van der Waals surface area contributed by atoms with Gasteiger partial charge in [0.25, 0.3) is 0 Å². The molecule has 108 valence electrons. The van der Waals surface area contributed by atoms with Crippen molar-refractivity contribution < 1.29 is 14.6 Å². The number of hydrogen-bond acceptors (Lipinski definition) is 3. The standard InChI is InChI=1S/C16H21NO3/c18-14-4-1-3-13(9-14)10-15(19)17-7-6-16(11-17)5-2-8-20-12-16/h1,3-4,9,18H,2,5-8,10-12H2/t16-/m1/s1. The van der Waals surface area contributed by atoms with Gasteiger partial charge < -0.3 is 14.7 Å². The summed E-state index contributed by atoms with van der Waals surface area (Å²) in [6, 6.07) is 6.94. The van der Waals surface area contributed by atoms with Gasteiger partial charge >= 0.3 is 0 Å². The quantitative estimate of drug-likeness (QED) is 0.897. The zero-order chi connectivity index (χ0) is 14.0. The molecule has 0 aliphatic carbocycles. The van der Waals surface area contributed by atoms with Crippen LogP contribution in [-0.4, -0.2) is 42.2 Å². The topological polar surface area (TPSA) is 49.8 Å². The number of rotatable bonds is 2. The van der Waals surface area contributed by atoms with Crippen molar-refractivity contribution in [1.29, 1.82) is 0 Å². The van der Waals surface area contributed by atoms with E-state index >= 15 is 0 Å². The summed E-state index contributed by atoms with van der Waals surface area (Å²) in [4.78, 5) is 14.3. The van der Waals surface area contributed by atoms with Crippen molar-refractivity contribution in [3.63, 3.8) is 0 Å². The van der Waals surface area contributed by atoms with Gasteiger partial charge in [-0.3, -0.25) is 4.79 Å². The van der Waals surface area contributed by atoms with Crippen LogP contribution in [0.25, 0.3) is 0 Å². The molecule has 2 aliphatic rings. The van der Waals surface area contributed by atoms with Gasteiger partial charge in [0, 0.05) is 25.1 Å². The smallest absolute Gasteiger partial charge is 0.227 e. The normalized spacial score (nSPS) is 26.1. The van der Waals surface area contributed by atoms with Crippen molar-refractivity contribution in [3.8, 4) is 5.75 Å². The number of ether oxygens (including phenoxy) is 1. The summed E-state index contributed by atoms with van der Waals surface area (Å²) in [5, 5.41) is 9.45. The molecule has 20 heavy (non-hydrogen) atoms. The van der Waals surface area contributed by atoms with Crippen LogP contribution in [0.5, 0.6) is 5.75 Å². The number of carbonyl (C=O) groups is 1. The van der Waals surface area contributed by atoms with Crippen LogP contribution in [0.15, 0.2) is 24.3 Å². The third-order valence-electron chi connectivity index (χ3n) is 4.46. The molecule has 2 heterocycles. The van der Waals surface area contributed by atoms with Gasteiger partial charge in [0.2, 0.25) is 5.91 Å². The van der Waals surface area contributed by atoms with Crippen LogP contribution >= 0.6 is 0 Å². The Balaban J connectivity index is 1.61. The van der Waals surface area contributed by atoms with E-state index in [4.69, 9.17) is 4.74 Å². The molecular weight excluding hydrogens is 254 g/mol. The number of benzene rings is 1. The summed E-state index contributed by atoms with van der Waals surface area (Å²) in [5.74, 6) is 0.368. The third-order valence-corrected chi connectivity index (χ3v) is 4.46. The lowest BCUT2D eigenvalue weighted by Crippen LogP contribution is -2.37. The molecule has 0 bridgehead atoms. The number of carbonyl (C=O) groups excluding carboxylic acids is 1. The van der Waals surface area contributed by atoms with Gasteiger partial charge in [-0.1, -0.05) is 12.1 Å². The molecule has 1 spiro atoms. The molecule has 4 nitrogen and oxygen atoms in total. The Morgan fingerprint density at radius 3 is 3.05 bits per heavy atom. The van der Waals surface area contributed by atoms with Gasteiger partial charge in [-0.05, 0) is 37.0 Å². The van der Waals surface area contributed by atoms with Crippen LogP contribution < -0.4 is 0 Å². The van der Waals surface area contributed by atoms with Gasteiger partial charge in [0.1, 0.15) is 5.75 Å². The molecule has 1 aromatic carbocycles. The summed E-state index contributed by atoms with van der Waals surface area (Å²) in [6.07, 6.45) is 3.70. The summed E-state index contributed by atoms with van der Waals surface area (Å²) in [5.41, 5.74) is 1.07. The summed E-state index contributed by atoms with van der Waals surface area (Å²) in [7, 11) is 0. The number of aromatic hydroxyl groups is 1. The first-order chi connectivity index (χ1) is 9.67. The fraction of sp³-hybridized carbons (Fsp3) is 0.562. The van der Waals surface area contributed by atoms with E-state index in [1.54, 1.807) is 18.2 Å². The minimum absolute atomic E-state index is 0.151. The molecule has 1 atom stereocenters. The fourth-order valence-electron chi connectivity index (χ4n) is 3.33. The van der Waals surface area contributed by atoms with E-state index in [2.05, 4.69) is 0 Å². The Bertz CT molecular complexity index is 494. The van der Waals surface area contributed by atoms with Crippen molar-refractivity contribution in [3.05, 3.63) is 29.8 Å². The van der Waals surface area contributed by atoms with Crippen LogP contribution in [0.2, 0.25) is 0 Å². The zero-order valence-corrected chi connectivity index (χ0v) is 11.7. The van der Waals surface area contributed by atoms with E-state index in [0.29, 0.717) is 6.42 Å². The largest absolute Gasteiger partial charge is 0.508 e. The molecule has 0 aromatic heterocycles. The lowest BCUT2D eigenvalue weighted by Gasteiger charge is -2.33. The van der Waals surface area contributed by atoms with E-state index in [-0.39, 0.29) is 17.1 Å². The average molecular weight is 275 g/mol. The van der Waals surface area contributed by atoms with E-state index in [1.807, 2.05) is 11.0 Å². The molecule has 2 aliphatic heterocycles. The van der Waals surface area contributed by atoms with Crippen LogP contribution in [0.1, 0.15) is 24.8 Å². The number of phenolic OH excluding ortho intramolecular Hbond substituents is 1. The predicted molar refractivity (Wildman–Crippen MR) is 75.5 cm³/mol. The molecule has 1 aromatic rings. The van der Waals surface area contributed by atoms with Crippen LogP contribution in [0, 0.1) is 5.41 Å². The lowest BCUT2D eigenvalue weighted by atomic mass is 9.82. The minimum atomic E-state index is 0.151. The van der Waals surface area contributed by atoms with Crippen molar-refractivity contribution in [2.75, 3.05) is 26.3 Å². The Labute approximate surface area is 119 Å². The van der Waals surface area contributed by atoms with Crippen LogP contribution in [-0.2, 0) is 16.0 Å². The van der Waals surface area contributed by atoms with Gasteiger partial charge in [0.05, 0.1) is 13.0 Å². The number of hydrogen-bond donors (Lipinski definition) is 1. The fourth-order valence-corrected chi connectivity index (χ4v) is 3.33. The van der Waals surface area contributed by atoms with E-state index < -0.39 is 0 Å². The second-order valence-corrected chi connectivity index (χ2v) is 6.07. The Morgan fingerprint density at radius 1 is 1.40 bits per heavy atom. The molecule has 1 N–H and O–H groups in total.